The average Bonchev–Trinajstić information content (AvgIpc) is 2.34. The van der Waals surface area contributed by atoms with Crippen LogP contribution in [0.1, 0.15) is 6.42 Å². The summed E-state index contributed by atoms with van der Waals surface area (Å²) in [4.78, 5) is 0. The minimum absolute atomic E-state index is 0.148. The van der Waals surface area contributed by atoms with E-state index in [0.717, 1.165) is 17.9 Å². The zero-order chi connectivity index (χ0) is 7.40. The van der Waals surface area contributed by atoms with Crippen LogP contribution in [-0.4, -0.2) is 30.5 Å². The van der Waals surface area contributed by atoms with E-state index in [0.29, 0.717) is 6.04 Å². The predicted octanol–water partition coefficient (Wildman–Crippen LogP) is 1.35. The lowest BCUT2D eigenvalue weighted by Crippen LogP contribution is -2.32. The summed E-state index contributed by atoms with van der Waals surface area (Å²) >= 11 is 1.83. The maximum absolute atomic E-state index is 11.6. The fraction of sp³-hybridized carbons (Fsp3) is 1.00. The molecule has 1 nitrogen and oxygen atoms in total. The first-order valence-corrected chi connectivity index (χ1v) is 4.54. The third kappa shape index (κ3) is 2.84. The molecule has 10 heavy (non-hydrogen) atoms. The summed E-state index contributed by atoms with van der Waals surface area (Å²) in [6.07, 6.45) is -1.16. The summed E-state index contributed by atoms with van der Waals surface area (Å²) < 4.78 is 23.2. The van der Waals surface area contributed by atoms with Crippen molar-refractivity contribution in [2.75, 3.05) is 18.1 Å². The minimum Gasteiger partial charge on any atom is -0.308 e. The summed E-state index contributed by atoms with van der Waals surface area (Å²) in [5.74, 6) is 2.10. The molecule has 0 aliphatic carbocycles. The first kappa shape index (κ1) is 8.27. The molecule has 0 bridgehead atoms. The summed E-state index contributed by atoms with van der Waals surface area (Å²) in [5, 5.41) is 2.81. The molecule has 1 fully saturated rings. The Bertz CT molecular complexity index is 93.7. The fourth-order valence-corrected chi connectivity index (χ4v) is 2.14. The molecule has 0 saturated carbocycles. The molecule has 1 N–H and O–H groups in total. The highest BCUT2D eigenvalue weighted by Gasteiger charge is 2.15. The van der Waals surface area contributed by atoms with Gasteiger partial charge in [0.15, 0.2) is 0 Å². The van der Waals surface area contributed by atoms with E-state index in [1.807, 2.05) is 11.8 Å². The van der Waals surface area contributed by atoms with Crippen molar-refractivity contribution in [3.8, 4) is 0 Å². The van der Waals surface area contributed by atoms with Gasteiger partial charge in [0.05, 0.1) is 6.54 Å². The molecule has 1 unspecified atom stereocenters. The van der Waals surface area contributed by atoms with Gasteiger partial charge in [-0.3, -0.25) is 0 Å². The summed E-state index contributed by atoms with van der Waals surface area (Å²) in [7, 11) is 0. The van der Waals surface area contributed by atoms with Gasteiger partial charge in [0, 0.05) is 11.8 Å². The van der Waals surface area contributed by atoms with Crippen LogP contribution in [0.25, 0.3) is 0 Å². The van der Waals surface area contributed by atoms with Gasteiger partial charge in [0.25, 0.3) is 6.43 Å². The molecule has 0 aromatic carbocycles. The molecule has 1 saturated heterocycles. The highest BCUT2D eigenvalue weighted by Crippen LogP contribution is 2.16. The number of halogens is 2. The highest BCUT2D eigenvalue weighted by atomic mass is 32.2. The molecule has 1 aliphatic heterocycles. The minimum atomic E-state index is -2.20. The Labute approximate surface area is 63.6 Å². The second-order valence-corrected chi connectivity index (χ2v) is 3.51. The van der Waals surface area contributed by atoms with Crippen molar-refractivity contribution in [1.29, 1.82) is 0 Å². The van der Waals surface area contributed by atoms with Crippen molar-refractivity contribution in [1.82, 2.24) is 5.32 Å². The number of rotatable bonds is 3. The summed E-state index contributed by atoms with van der Waals surface area (Å²) in [6.45, 7) is -0.148. The molecule has 0 aromatic rings. The predicted molar refractivity (Wildman–Crippen MR) is 39.7 cm³/mol. The molecule has 0 amide bonds. The van der Waals surface area contributed by atoms with Crippen molar-refractivity contribution >= 4 is 11.8 Å². The van der Waals surface area contributed by atoms with Crippen LogP contribution in [0.3, 0.4) is 0 Å². The first-order chi connectivity index (χ1) is 4.79. The quantitative estimate of drug-likeness (QED) is 0.681. The van der Waals surface area contributed by atoms with Crippen LogP contribution in [0.4, 0.5) is 8.78 Å². The van der Waals surface area contributed by atoms with Crippen LogP contribution in [0, 0.1) is 0 Å². The van der Waals surface area contributed by atoms with Crippen LogP contribution in [-0.2, 0) is 0 Å². The third-order valence-electron chi connectivity index (χ3n) is 1.49. The van der Waals surface area contributed by atoms with Gasteiger partial charge in [-0.25, -0.2) is 8.78 Å². The molecule has 0 spiro atoms. The van der Waals surface area contributed by atoms with Crippen molar-refractivity contribution in [3.05, 3.63) is 0 Å². The number of hydrogen-bond donors (Lipinski definition) is 1. The maximum Gasteiger partial charge on any atom is 0.250 e. The number of nitrogens with one attached hydrogen (secondary N) is 1. The maximum atomic E-state index is 11.6. The van der Waals surface area contributed by atoms with Crippen molar-refractivity contribution in [3.63, 3.8) is 0 Å². The van der Waals surface area contributed by atoms with E-state index >= 15 is 0 Å². The van der Waals surface area contributed by atoms with E-state index in [-0.39, 0.29) is 6.54 Å². The van der Waals surface area contributed by atoms with Crippen molar-refractivity contribution in [2.24, 2.45) is 0 Å². The largest absolute Gasteiger partial charge is 0.308 e. The second-order valence-electron chi connectivity index (χ2n) is 2.36. The van der Waals surface area contributed by atoms with E-state index in [2.05, 4.69) is 5.32 Å². The normalized spacial score (nSPS) is 26.1. The van der Waals surface area contributed by atoms with Crippen LogP contribution < -0.4 is 5.32 Å². The smallest absolute Gasteiger partial charge is 0.250 e. The van der Waals surface area contributed by atoms with Gasteiger partial charge < -0.3 is 5.32 Å². The molecule has 4 heteroatoms. The van der Waals surface area contributed by atoms with Crippen LogP contribution in [0.2, 0.25) is 0 Å². The Morgan fingerprint density at radius 1 is 1.60 bits per heavy atom. The zero-order valence-electron chi connectivity index (χ0n) is 5.65. The Morgan fingerprint density at radius 2 is 2.40 bits per heavy atom. The molecular weight excluding hydrogens is 156 g/mol. The molecule has 0 aromatic heterocycles. The Hall–Kier alpha value is 0.170. The monoisotopic (exact) mass is 167 g/mol. The molecule has 1 atom stereocenters. The van der Waals surface area contributed by atoms with Crippen LogP contribution >= 0.6 is 11.8 Å². The Balaban J connectivity index is 2.01. The van der Waals surface area contributed by atoms with Gasteiger partial charge in [0.1, 0.15) is 0 Å². The average molecular weight is 167 g/mol. The fourth-order valence-electron chi connectivity index (χ4n) is 0.951. The van der Waals surface area contributed by atoms with Gasteiger partial charge in [-0.2, -0.15) is 11.8 Å². The van der Waals surface area contributed by atoms with E-state index in [1.54, 1.807) is 0 Å². The Kier molecular flexibility index (Phi) is 3.42. The number of hydrogen-bond acceptors (Lipinski definition) is 2. The highest BCUT2D eigenvalue weighted by molar-refractivity contribution is 7.99. The van der Waals surface area contributed by atoms with Gasteiger partial charge >= 0.3 is 0 Å². The zero-order valence-corrected chi connectivity index (χ0v) is 6.46. The summed E-state index contributed by atoms with van der Waals surface area (Å²) in [5.41, 5.74) is 0. The first-order valence-electron chi connectivity index (χ1n) is 3.38. The van der Waals surface area contributed by atoms with Gasteiger partial charge in [-0.1, -0.05) is 0 Å². The molecule has 1 aliphatic rings. The molecule has 0 radical (unpaired) electrons. The van der Waals surface area contributed by atoms with E-state index in [9.17, 15) is 8.78 Å². The molecule has 60 valence electrons. The molecule has 1 rings (SSSR count). The lowest BCUT2D eigenvalue weighted by atomic mass is 10.3. The third-order valence-corrected chi connectivity index (χ3v) is 2.65. The lowest BCUT2D eigenvalue weighted by molar-refractivity contribution is 0.142. The molecule has 1 heterocycles. The SMILES string of the molecule is FC(F)CNC1CCSC1. The van der Waals surface area contributed by atoms with Gasteiger partial charge in [-0.15, -0.1) is 0 Å². The van der Waals surface area contributed by atoms with Crippen LogP contribution in [0.15, 0.2) is 0 Å². The van der Waals surface area contributed by atoms with Gasteiger partial charge in [0.2, 0.25) is 0 Å². The van der Waals surface area contributed by atoms with Crippen LogP contribution in [0.5, 0.6) is 0 Å². The van der Waals surface area contributed by atoms with Gasteiger partial charge in [-0.05, 0) is 12.2 Å². The van der Waals surface area contributed by atoms with E-state index in [4.69, 9.17) is 0 Å². The number of alkyl halides is 2. The lowest BCUT2D eigenvalue weighted by Gasteiger charge is -2.09. The standard InChI is InChI=1S/C6H11F2NS/c7-6(8)3-9-5-1-2-10-4-5/h5-6,9H,1-4H2. The Morgan fingerprint density at radius 3 is 2.90 bits per heavy atom. The number of thioether (sulfide) groups is 1. The van der Waals surface area contributed by atoms with E-state index in [1.165, 1.54) is 0 Å². The second kappa shape index (κ2) is 4.13. The van der Waals surface area contributed by atoms with Crippen molar-refractivity contribution in [2.45, 2.75) is 18.9 Å². The summed E-state index contributed by atoms with van der Waals surface area (Å²) in [6, 6.07) is 0.332. The van der Waals surface area contributed by atoms with E-state index < -0.39 is 6.43 Å². The topological polar surface area (TPSA) is 12.0 Å². The van der Waals surface area contributed by atoms with Crippen molar-refractivity contribution < 1.29 is 8.78 Å². The molecular formula is C6H11F2NS.